The molecule has 1 saturated carbocycles. The first-order chi connectivity index (χ1) is 9.21. The molecule has 0 amide bonds. The van der Waals surface area contributed by atoms with Crippen LogP contribution in [0.4, 0.5) is 18.9 Å². The molecule has 0 spiro atoms. The molecule has 6 heteroatoms. The smallest absolute Gasteiger partial charge is 0.418 e. The summed E-state index contributed by atoms with van der Waals surface area (Å²) in [5.74, 6) is -0.944. The summed E-state index contributed by atoms with van der Waals surface area (Å²) in [6.07, 6.45) is -2.52. The van der Waals surface area contributed by atoms with Crippen molar-refractivity contribution in [1.82, 2.24) is 0 Å². The van der Waals surface area contributed by atoms with Crippen molar-refractivity contribution in [3.05, 3.63) is 29.3 Å². The summed E-state index contributed by atoms with van der Waals surface area (Å²) in [5, 5.41) is 8.83. The van der Waals surface area contributed by atoms with Crippen molar-refractivity contribution in [1.29, 1.82) is 0 Å². The van der Waals surface area contributed by atoms with Crippen LogP contribution in [0.3, 0.4) is 0 Å². The van der Waals surface area contributed by atoms with E-state index in [-0.39, 0.29) is 17.3 Å². The molecule has 1 aromatic rings. The van der Waals surface area contributed by atoms with E-state index in [1.807, 2.05) is 6.92 Å². The lowest BCUT2D eigenvalue weighted by Crippen LogP contribution is -2.32. The Labute approximate surface area is 115 Å². The molecule has 0 saturated heterocycles. The van der Waals surface area contributed by atoms with Gasteiger partial charge >= 0.3 is 12.1 Å². The Morgan fingerprint density at radius 2 is 2.00 bits per heavy atom. The maximum absolute atomic E-state index is 13.1. The first-order valence-corrected chi connectivity index (χ1v) is 6.39. The molecule has 1 aromatic carbocycles. The summed E-state index contributed by atoms with van der Waals surface area (Å²) in [6, 6.07) is 3.16. The third-order valence-corrected chi connectivity index (χ3v) is 3.84. The zero-order valence-corrected chi connectivity index (χ0v) is 11.2. The number of benzene rings is 1. The van der Waals surface area contributed by atoms with Gasteiger partial charge in [0.25, 0.3) is 0 Å². The first kappa shape index (κ1) is 14.7. The average molecular weight is 287 g/mol. The Balaban J connectivity index is 2.43. The van der Waals surface area contributed by atoms with Crippen LogP contribution in [0.2, 0.25) is 0 Å². The van der Waals surface area contributed by atoms with Gasteiger partial charge in [-0.1, -0.05) is 0 Å². The highest BCUT2D eigenvalue weighted by atomic mass is 19.4. The van der Waals surface area contributed by atoms with Crippen LogP contribution in [0.1, 0.15) is 35.7 Å². The average Bonchev–Trinajstić information content (AvgIpc) is 3.19. The van der Waals surface area contributed by atoms with Gasteiger partial charge in [0.05, 0.1) is 11.1 Å². The van der Waals surface area contributed by atoms with Crippen molar-refractivity contribution in [2.75, 3.05) is 11.9 Å². The maximum Gasteiger partial charge on any atom is 0.418 e. The van der Waals surface area contributed by atoms with Crippen LogP contribution in [0.15, 0.2) is 18.2 Å². The second kappa shape index (κ2) is 5.00. The topological polar surface area (TPSA) is 40.5 Å². The molecule has 1 fully saturated rings. The summed E-state index contributed by atoms with van der Waals surface area (Å²) in [6.45, 7) is 1.89. The number of carboxylic acid groups (broad SMARTS) is 1. The Morgan fingerprint density at radius 1 is 1.40 bits per heavy atom. The molecule has 0 bridgehead atoms. The molecule has 1 unspecified atom stereocenters. The van der Waals surface area contributed by atoms with Gasteiger partial charge in [0.2, 0.25) is 0 Å². The minimum Gasteiger partial charge on any atom is -0.478 e. The molecule has 110 valence electrons. The Bertz CT molecular complexity index is 524. The summed E-state index contributed by atoms with van der Waals surface area (Å²) in [7, 11) is 1.62. The second-order valence-corrected chi connectivity index (χ2v) is 5.22. The van der Waals surface area contributed by atoms with Gasteiger partial charge in [0.1, 0.15) is 0 Å². The van der Waals surface area contributed by atoms with Gasteiger partial charge < -0.3 is 10.0 Å². The van der Waals surface area contributed by atoms with Crippen LogP contribution >= 0.6 is 0 Å². The zero-order chi connectivity index (χ0) is 15.1. The molecule has 20 heavy (non-hydrogen) atoms. The van der Waals surface area contributed by atoms with E-state index in [0.717, 1.165) is 12.8 Å². The lowest BCUT2D eigenvalue weighted by Gasteiger charge is -2.29. The normalized spacial score (nSPS) is 16.9. The van der Waals surface area contributed by atoms with Gasteiger partial charge in [-0.05, 0) is 43.9 Å². The number of aromatic carboxylic acids is 1. The Hall–Kier alpha value is -1.72. The van der Waals surface area contributed by atoms with E-state index >= 15 is 0 Å². The third-order valence-electron chi connectivity index (χ3n) is 3.84. The molecule has 1 aliphatic rings. The molecule has 1 atom stereocenters. The van der Waals surface area contributed by atoms with Crippen molar-refractivity contribution < 1.29 is 23.1 Å². The maximum atomic E-state index is 13.1. The first-order valence-electron chi connectivity index (χ1n) is 6.39. The number of nitrogens with zero attached hydrogens (tertiary/aromatic N) is 1. The number of hydrogen-bond acceptors (Lipinski definition) is 2. The Morgan fingerprint density at radius 3 is 2.45 bits per heavy atom. The molecule has 0 aromatic heterocycles. The van der Waals surface area contributed by atoms with Crippen LogP contribution in [0, 0.1) is 5.92 Å². The van der Waals surface area contributed by atoms with E-state index in [0.29, 0.717) is 12.0 Å². The molecule has 0 aliphatic heterocycles. The van der Waals surface area contributed by atoms with E-state index in [2.05, 4.69) is 0 Å². The lowest BCUT2D eigenvalue weighted by molar-refractivity contribution is -0.137. The molecule has 0 heterocycles. The summed E-state index contributed by atoms with van der Waals surface area (Å²) in [5.41, 5.74) is -1.22. The van der Waals surface area contributed by atoms with Crippen LogP contribution in [-0.4, -0.2) is 24.2 Å². The van der Waals surface area contributed by atoms with E-state index in [1.165, 1.54) is 12.1 Å². The number of carboxylic acids is 1. The van der Waals surface area contributed by atoms with Crippen LogP contribution in [0.25, 0.3) is 0 Å². The van der Waals surface area contributed by atoms with Gasteiger partial charge in [-0.2, -0.15) is 13.2 Å². The molecule has 1 N–H and O–H groups in total. The fourth-order valence-electron chi connectivity index (χ4n) is 2.32. The number of rotatable bonds is 4. The van der Waals surface area contributed by atoms with Crippen molar-refractivity contribution in [2.45, 2.75) is 32.0 Å². The highest BCUT2D eigenvalue weighted by molar-refractivity contribution is 5.88. The van der Waals surface area contributed by atoms with E-state index in [4.69, 9.17) is 5.11 Å². The largest absolute Gasteiger partial charge is 0.478 e. The van der Waals surface area contributed by atoms with Crippen molar-refractivity contribution in [2.24, 2.45) is 5.92 Å². The van der Waals surface area contributed by atoms with Crippen LogP contribution in [0.5, 0.6) is 0 Å². The number of hydrogen-bond donors (Lipinski definition) is 1. The van der Waals surface area contributed by atoms with Gasteiger partial charge in [0.15, 0.2) is 0 Å². The number of alkyl halides is 3. The summed E-state index contributed by atoms with van der Waals surface area (Å²) >= 11 is 0. The monoisotopic (exact) mass is 287 g/mol. The van der Waals surface area contributed by atoms with Crippen molar-refractivity contribution in [3.8, 4) is 0 Å². The summed E-state index contributed by atoms with van der Waals surface area (Å²) < 4.78 is 39.3. The van der Waals surface area contributed by atoms with Gasteiger partial charge in [-0.3, -0.25) is 0 Å². The number of halogens is 3. The minimum atomic E-state index is -4.57. The molecule has 2 rings (SSSR count). The molecule has 3 nitrogen and oxygen atoms in total. The Kier molecular flexibility index (Phi) is 3.67. The SMILES string of the molecule is CC(C1CC1)N(C)c1ccc(C(=O)O)cc1C(F)(F)F. The highest BCUT2D eigenvalue weighted by Gasteiger charge is 2.38. The molecular formula is C14H16F3NO2. The quantitative estimate of drug-likeness (QED) is 0.919. The molecular weight excluding hydrogens is 271 g/mol. The minimum absolute atomic E-state index is 0.00628. The van der Waals surface area contributed by atoms with E-state index in [1.54, 1.807) is 11.9 Å². The van der Waals surface area contributed by atoms with Crippen molar-refractivity contribution in [3.63, 3.8) is 0 Å². The van der Waals surface area contributed by atoms with Crippen LogP contribution < -0.4 is 4.90 Å². The summed E-state index contributed by atoms with van der Waals surface area (Å²) in [4.78, 5) is 12.4. The fourth-order valence-corrected chi connectivity index (χ4v) is 2.32. The van der Waals surface area contributed by atoms with Crippen LogP contribution in [-0.2, 0) is 6.18 Å². The van der Waals surface area contributed by atoms with Crippen molar-refractivity contribution >= 4 is 11.7 Å². The van der Waals surface area contributed by atoms with E-state index < -0.39 is 17.7 Å². The highest BCUT2D eigenvalue weighted by Crippen LogP contribution is 2.41. The van der Waals surface area contributed by atoms with Gasteiger partial charge in [0, 0.05) is 18.8 Å². The standard InChI is InChI=1S/C14H16F3NO2/c1-8(9-3-4-9)18(2)12-6-5-10(13(19)20)7-11(12)14(15,16)17/h5-9H,3-4H2,1-2H3,(H,19,20). The number of carbonyl (C=O) groups is 1. The number of anilines is 1. The zero-order valence-electron chi connectivity index (χ0n) is 11.2. The third kappa shape index (κ3) is 2.89. The van der Waals surface area contributed by atoms with Gasteiger partial charge in [-0.25, -0.2) is 4.79 Å². The molecule has 0 radical (unpaired) electrons. The molecule has 1 aliphatic carbocycles. The van der Waals surface area contributed by atoms with E-state index in [9.17, 15) is 18.0 Å². The van der Waals surface area contributed by atoms with Gasteiger partial charge in [-0.15, -0.1) is 0 Å². The lowest BCUT2D eigenvalue weighted by atomic mass is 10.0. The second-order valence-electron chi connectivity index (χ2n) is 5.22. The predicted octanol–water partition coefficient (Wildman–Crippen LogP) is 3.64. The predicted molar refractivity (Wildman–Crippen MR) is 69.0 cm³/mol. The fraction of sp³-hybridized carbons (Fsp3) is 0.500.